The van der Waals surface area contributed by atoms with Gasteiger partial charge in [-0.3, -0.25) is 14.9 Å². The van der Waals surface area contributed by atoms with Gasteiger partial charge in [0.15, 0.2) is 0 Å². The molecular formula is C18H20N2O6. The number of carbonyl (C=O) groups is 1. The van der Waals surface area contributed by atoms with E-state index in [2.05, 4.69) is 5.32 Å². The number of benzene rings is 2. The number of rotatable bonds is 10. The van der Waals surface area contributed by atoms with Crippen molar-refractivity contribution in [1.82, 2.24) is 0 Å². The van der Waals surface area contributed by atoms with Crippen LogP contribution in [0.5, 0.6) is 11.5 Å². The first kappa shape index (κ1) is 19.2. The third-order valence-electron chi connectivity index (χ3n) is 3.22. The largest absolute Gasteiger partial charge is 0.491 e. The van der Waals surface area contributed by atoms with Gasteiger partial charge in [0.05, 0.1) is 18.1 Å². The lowest BCUT2D eigenvalue weighted by Gasteiger charge is -2.09. The standard InChI is InChI=1S/C18H20N2O6/c1-14(21)19-15-2-6-17(7-3-15)25-12-10-24-11-13-26-18-8-4-16(5-9-18)20(22)23/h2-9H,10-13H2,1H3,(H,19,21). The van der Waals surface area contributed by atoms with Gasteiger partial charge in [-0.1, -0.05) is 0 Å². The number of nitro benzene ring substituents is 1. The Labute approximate surface area is 150 Å². The smallest absolute Gasteiger partial charge is 0.269 e. The number of hydrogen-bond acceptors (Lipinski definition) is 6. The summed E-state index contributed by atoms with van der Waals surface area (Å²) in [6.45, 7) is 2.95. The molecule has 26 heavy (non-hydrogen) atoms. The van der Waals surface area contributed by atoms with Gasteiger partial charge in [-0.15, -0.1) is 0 Å². The summed E-state index contributed by atoms with van der Waals surface area (Å²) in [5.41, 5.74) is 0.736. The SMILES string of the molecule is CC(=O)Nc1ccc(OCCOCCOc2ccc([N+](=O)[O-])cc2)cc1. The summed E-state index contributed by atoms with van der Waals surface area (Å²) in [6.07, 6.45) is 0. The number of carbonyl (C=O) groups excluding carboxylic acids is 1. The molecule has 0 fully saturated rings. The summed E-state index contributed by atoms with van der Waals surface area (Å²) in [6, 6.07) is 12.9. The number of nitro groups is 1. The van der Waals surface area contributed by atoms with Gasteiger partial charge in [0.2, 0.25) is 5.91 Å². The Balaban J connectivity index is 1.56. The van der Waals surface area contributed by atoms with Crippen LogP contribution >= 0.6 is 0 Å². The van der Waals surface area contributed by atoms with E-state index in [0.29, 0.717) is 43.6 Å². The molecule has 8 heteroatoms. The van der Waals surface area contributed by atoms with Crippen LogP contribution in [0.15, 0.2) is 48.5 Å². The summed E-state index contributed by atoms with van der Waals surface area (Å²) >= 11 is 0. The molecule has 1 amide bonds. The van der Waals surface area contributed by atoms with Crippen LogP contribution in [0.25, 0.3) is 0 Å². The van der Waals surface area contributed by atoms with Crippen molar-refractivity contribution in [1.29, 1.82) is 0 Å². The van der Waals surface area contributed by atoms with Gasteiger partial charge in [0.25, 0.3) is 5.69 Å². The minimum atomic E-state index is -0.458. The summed E-state index contributed by atoms with van der Waals surface area (Å²) in [4.78, 5) is 21.0. The van der Waals surface area contributed by atoms with Crippen molar-refractivity contribution in [2.24, 2.45) is 0 Å². The first-order valence-corrected chi connectivity index (χ1v) is 8.00. The fourth-order valence-corrected chi connectivity index (χ4v) is 2.04. The quantitative estimate of drug-likeness (QED) is 0.397. The normalized spacial score (nSPS) is 10.2. The van der Waals surface area contributed by atoms with Crippen LogP contribution < -0.4 is 14.8 Å². The average molecular weight is 360 g/mol. The topological polar surface area (TPSA) is 99.9 Å². The Morgan fingerprint density at radius 3 is 1.88 bits per heavy atom. The van der Waals surface area contributed by atoms with Crippen molar-refractivity contribution in [3.8, 4) is 11.5 Å². The van der Waals surface area contributed by atoms with Crippen molar-refractivity contribution in [3.63, 3.8) is 0 Å². The Morgan fingerprint density at radius 2 is 1.42 bits per heavy atom. The molecule has 0 aliphatic rings. The molecule has 1 N–H and O–H groups in total. The first-order valence-electron chi connectivity index (χ1n) is 8.00. The van der Waals surface area contributed by atoms with Crippen LogP contribution in [0.2, 0.25) is 0 Å². The van der Waals surface area contributed by atoms with E-state index in [1.54, 1.807) is 36.4 Å². The van der Waals surface area contributed by atoms with Gasteiger partial charge in [-0.2, -0.15) is 0 Å². The molecule has 0 spiro atoms. The molecule has 2 rings (SSSR count). The van der Waals surface area contributed by atoms with Gasteiger partial charge < -0.3 is 19.5 Å². The third-order valence-corrected chi connectivity index (χ3v) is 3.22. The Morgan fingerprint density at radius 1 is 0.923 bits per heavy atom. The van der Waals surface area contributed by atoms with Crippen LogP contribution in [-0.2, 0) is 9.53 Å². The molecule has 0 bridgehead atoms. The van der Waals surface area contributed by atoms with E-state index < -0.39 is 4.92 Å². The number of non-ortho nitro benzene ring substituents is 1. The number of nitrogens with one attached hydrogen (secondary N) is 1. The molecular weight excluding hydrogens is 340 g/mol. The van der Waals surface area contributed by atoms with E-state index >= 15 is 0 Å². The highest BCUT2D eigenvalue weighted by Crippen LogP contribution is 2.17. The first-order chi connectivity index (χ1) is 12.5. The molecule has 0 aromatic heterocycles. The zero-order valence-electron chi connectivity index (χ0n) is 14.3. The zero-order valence-corrected chi connectivity index (χ0v) is 14.3. The van der Waals surface area contributed by atoms with Crippen molar-refractivity contribution in [2.45, 2.75) is 6.92 Å². The van der Waals surface area contributed by atoms with Gasteiger partial charge >= 0.3 is 0 Å². The number of hydrogen-bond donors (Lipinski definition) is 1. The maximum Gasteiger partial charge on any atom is 0.269 e. The lowest BCUT2D eigenvalue weighted by molar-refractivity contribution is -0.384. The molecule has 2 aromatic rings. The van der Waals surface area contributed by atoms with Crippen LogP contribution in [0.1, 0.15) is 6.92 Å². The maximum atomic E-state index is 10.9. The second kappa shape index (κ2) is 10.00. The van der Waals surface area contributed by atoms with Crippen LogP contribution in [0, 0.1) is 10.1 Å². The van der Waals surface area contributed by atoms with E-state index in [1.807, 2.05) is 0 Å². The Hall–Kier alpha value is -3.13. The summed E-state index contributed by atoms with van der Waals surface area (Å²) in [5, 5.41) is 13.2. The molecule has 0 saturated heterocycles. The lowest BCUT2D eigenvalue weighted by atomic mass is 10.3. The summed E-state index contributed by atoms with van der Waals surface area (Å²) in [7, 11) is 0. The third kappa shape index (κ3) is 6.78. The average Bonchev–Trinajstić information content (AvgIpc) is 2.62. The van der Waals surface area contributed by atoms with Crippen LogP contribution in [0.4, 0.5) is 11.4 Å². The fourth-order valence-electron chi connectivity index (χ4n) is 2.04. The highest BCUT2D eigenvalue weighted by Gasteiger charge is 2.04. The van der Waals surface area contributed by atoms with Gasteiger partial charge in [-0.25, -0.2) is 0 Å². The molecule has 8 nitrogen and oxygen atoms in total. The highest BCUT2D eigenvalue weighted by atomic mass is 16.6. The monoisotopic (exact) mass is 360 g/mol. The minimum Gasteiger partial charge on any atom is -0.491 e. The molecule has 0 radical (unpaired) electrons. The number of nitrogens with zero attached hydrogens (tertiary/aromatic N) is 1. The van der Waals surface area contributed by atoms with Crippen LogP contribution in [0.3, 0.4) is 0 Å². The molecule has 2 aromatic carbocycles. The number of anilines is 1. The molecule has 0 aliphatic carbocycles. The van der Waals surface area contributed by atoms with Gasteiger partial charge in [0.1, 0.15) is 24.7 Å². The van der Waals surface area contributed by atoms with Crippen molar-refractivity contribution in [3.05, 3.63) is 58.6 Å². The molecule has 0 saturated carbocycles. The van der Waals surface area contributed by atoms with E-state index in [0.717, 1.165) is 0 Å². The van der Waals surface area contributed by atoms with E-state index in [1.165, 1.54) is 19.1 Å². The van der Waals surface area contributed by atoms with E-state index in [4.69, 9.17) is 14.2 Å². The molecule has 0 atom stereocenters. The lowest BCUT2D eigenvalue weighted by Crippen LogP contribution is -2.12. The summed E-state index contributed by atoms with van der Waals surface area (Å²) < 4.78 is 16.4. The van der Waals surface area contributed by atoms with E-state index in [9.17, 15) is 14.9 Å². The predicted molar refractivity (Wildman–Crippen MR) is 95.7 cm³/mol. The molecule has 138 valence electrons. The van der Waals surface area contributed by atoms with Crippen molar-refractivity contribution < 1.29 is 23.9 Å². The zero-order chi connectivity index (χ0) is 18.8. The predicted octanol–water partition coefficient (Wildman–Crippen LogP) is 3.03. The highest BCUT2D eigenvalue weighted by molar-refractivity contribution is 5.88. The second-order valence-electron chi connectivity index (χ2n) is 5.27. The van der Waals surface area contributed by atoms with Crippen molar-refractivity contribution in [2.75, 3.05) is 31.7 Å². The Bertz CT molecular complexity index is 715. The maximum absolute atomic E-state index is 10.9. The Kier molecular flexibility index (Phi) is 7.38. The molecule has 0 unspecified atom stereocenters. The number of ether oxygens (including phenoxy) is 3. The van der Waals surface area contributed by atoms with Crippen LogP contribution in [-0.4, -0.2) is 37.3 Å². The van der Waals surface area contributed by atoms with Crippen molar-refractivity contribution >= 4 is 17.3 Å². The minimum absolute atomic E-state index is 0.0239. The molecule has 0 aliphatic heterocycles. The van der Waals surface area contributed by atoms with E-state index in [-0.39, 0.29) is 11.6 Å². The van der Waals surface area contributed by atoms with Gasteiger partial charge in [-0.05, 0) is 36.4 Å². The second-order valence-corrected chi connectivity index (χ2v) is 5.27. The molecule has 0 heterocycles. The fraction of sp³-hybridized carbons (Fsp3) is 0.278. The number of amides is 1. The summed E-state index contributed by atoms with van der Waals surface area (Å²) in [5.74, 6) is 1.11. The van der Waals surface area contributed by atoms with Gasteiger partial charge in [0, 0.05) is 24.7 Å².